The third-order valence-corrected chi connectivity index (χ3v) is 6.12. The van der Waals surface area contributed by atoms with Gasteiger partial charge in [0.25, 0.3) is 0 Å². The molecule has 0 amide bonds. The molecule has 7 aromatic rings. The highest BCUT2D eigenvalue weighted by Gasteiger charge is 2.06. The molecule has 0 radical (unpaired) electrons. The molecule has 0 fully saturated rings. The van der Waals surface area contributed by atoms with Crippen molar-refractivity contribution in [3.05, 3.63) is 127 Å². The van der Waals surface area contributed by atoms with Gasteiger partial charge in [-0.1, -0.05) is 103 Å². The standard InChI is InChI=1S/C16H10.C14H12N2.BrH/c1-3-11-7-9-13-5-2-6-14-10-8-12(4-1)15(11)16(13)14;1-2-6-12(7-3-1)10-16-11-15-13-8-4-5-9-14(13)16;/h1-10H;1-9,11H,10H2;1H. The van der Waals surface area contributed by atoms with E-state index in [4.69, 9.17) is 0 Å². The van der Waals surface area contributed by atoms with Gasteiger partial charge in [-0.2, -0.15) is 0 Å². The number of hydrogen-bond donors (Lipinski definition) is 0. The number of benzene rings is 6. The van der Waals surface area contributed by atoms with Crippen molar-refractivity contribution in [1.82, 2.24) is 9.55 Å². The largest absolute Gasteiger partial charge is 0.326 e. The van der Waals surface area contributed by atoms with E-state index < -0.39 is 0 Å². The molecular formula is C30H23BrN2. The van der Waals surface area contributed by atoms with Crippen molar-refractivity contribution in [2.45, 2.75) is 6.54 Å². The van der Waals surface area contributed by atoms with Gasteiger partial charge in [0, 0.05) is 6.54 Å². The first-order valence-corrected chi connectivity index (χ1v) is 10.9. The highest BCUT2D eigenvalue weighted by atomic mass is 79.9. The van der Waals surface area contributed by atoms with Crippen LogP contribution in [0, 0.1) is 0 Å². The molecule has 0 aliphatic carbocycles. The SMILES string of the molecule is Br.c1cc2ccc3cccc4ccc(c1)c2c34.c1ccc(Cn2cnc3ccccc32)cc1. The summed E-state index contributed by atoms with van der Waals surface area (Å²) in [5.41, 5.74) is 3.54. The number of hydrogen-bond acceptors (Lipinski definition) is 1. The van der Waals surface area contributed by atoms with Crippen molar-refractivity contribution in [3.63, 3.8) is 0 Å². The van der Waals surface area contributed by atoms with Crippen molar-refractivity contribution in [2.75, 3.05) is 0 Å². The third-order valence-electron chi connectivity index (χ3n) is 6.12. The fourth-order valence-corrected chi connectivity index (χ4v) is 4.59. The molecule has 0 unspecified atom stereocenters. The second-order valence-corrected chi connectivity index (χ2v) is 8.14. The molecule has 3 heteroatoms. The number of halogens is 1. The summed E-state index contributed by atoms with van der Waals surface area (Å²) in [6.07, 6.45) is 1.90. The van der Waals surface area contributed by atoms with Crippen molar-refractivity contribution in [2.24, 2.45) is 0 Å². The Bertz CT molecular complexity index is 1520. The van der Waals surface area contributed by atoms with Gasteiger partial charge < -0.3 is 4.57 Å². The average Bonchev–Trinajstić information content (AvgIpc) is 3.27. The number of nitrogens with zero attached hydrogens (tertiary/aromatic N) is 2. The van der Waals surface area contributed by atoms with Gasteiger partial charge in [-0.15, -0.1) is 17.0 Å². The fraction of sp³-hybridized carbons (Fsp3) is 0.0333. The number of aromatic nitrogens is 2. The van der Waals surface area contributed by atoms with Crippen LogP contribution in [0.1, 0.15) is 5.56 Å². The normalized spacial score (nSPS) is 10.9. The number of imidazole rings is 1. The third kappa shape index (κ3) is 3.96. The number of rotatable bonds is 2. The van der Waals surface area contributed by atoms with E-state index >= 15 is 0 Å². The molecule has 0 bridgehead atoms. The minimum Gasteiger partial charge on any atom is -0.326 e. The van der Waals surface area contributed by atoms with E-state index in [0.29, 0.717) is 0 Å². The molecule has 0 aliphatic rings. The molecular weight excluding hydrogens is 468 g/mol. The Kier molecular flexibility index (Phi) is 5.80. The summed E-state index contributed by atoms with van der Waals surface area (Å²) in [5, 5.41) is 8.14. The van der Waals surface area contributed by atoms with Gasteiger partial charge in [-0.3, -0.25) is 0 Å². The molecule has 7 rings (SSSR count). The van der Waals surface area contributed by atoms with Crippen LogP contribution in [0.15, 0.2) is 122 Å². The Morgan fingerprint density at radius 2 is 1.03 bits per heavy atom. The lowest BCUT2D eigenvalue weighted by Gasteiger charge is -2.09. The van der Waals surface area contributed by atoms with Gasteiger partial charge in [0.1, 0.15) is 0 Å². The Hall–Kier alpha value is -3.69. The molecule has 0 spiro atoms. The van der Waals surface area contributed by atoms with E-state index in [1.54, 1.807) is 0 Å². The lowest BCUT2D eigenvalue weighted by Crippen LogP contribution is -1.97. The van der Waals surface area contributed by atoms with E-state index in [-0.39, 0.29) is 17.0 Å². The lowest BCUT2D eigenvalue weighted by atomic mass is 9.95. The number of fused-ring (bicyclic) bond motifs is 1. The lowest BCUT2D eigenvalue weighted by molar-refractivity contribution is 0.824. The zero-order valence-electron chi connectivity index (χ0n) is 18.1. The van der Waals surface area contributed by atoms with Crippen LogP contribution in [-0.4, -0.2) is 9.55 Å². The molecule has 0 aliphatic heterocycles. The first kappa shape index (κ1) is 21.2. The molecule has 6 aromatic carbocycles. The molecule has 0 N–H and O–H groups in total. The van der Waals surface area contributed by atoms with Gasteiger partial charge in [0.15, 0.2) is 0 Å². The molecule has 33 heavy (non-hydrogen) atoms. The van der Waals surface area contributed by atoms with Crippen LogP contribution in [0.4, 0.5) is 0 Å². The molecule has 2 nitrogen and oxygen atoms in total. The summed E-state index contributed by atoms with van der Waals surface area (Å²) in [7, 11) is 0. The summed E-state index contributed by atoms with van der Waals surface area (Å²) in [6, 6.07) is 40.5. The molecule has 1 aromatic heterocycles. The summed E-state index contributed by atoms with van der Waals surface area (Å²) in [6.45, 7) is 0.876. The van der Waals surface area contributed by atoms with Crippen molar-refractivity contribution in [1.29, 1.82) is 0 Å². The van der Waals surface area contributed by atoms with E-state index in [1.165, 1.54) is 43.4 Å². The minimum atomic E-state index is 0. The maximum Gasteiger partial charge on any atom is 0.0961 e. The fourth-order valence-electron chi connectivity index (χ4n) is 4.59. The van der Waals surface area contributed by atoms with Crippen LogP contribution in [0.25, 0.3) is 43.4 Å². The molecule has 1 heterocycles. The first-order valence-electron chi connectivity index (χ1n) is 10.9. The zero-order valence-corrected chi connectivity index (χ0v) is 19.8. The van der Waals surface area contributed by atoms with Crippen LogP contribution in [-0.2, 0) is 6.54 Å². The van der Waals surface area contributed by atoms with Gasteiger partial charge in [0.05, 0.1) is 17.4 Å². The smallest absolute Gasteiger partial charge is 0.0961 e. The second kappa shape index (κ2) is 9.05. The van der Waals surface area contributed by atoms with Crippen molar-refractivity contribution < 1.29 is 0 Å². The van der Waals surface area contributed by atoms with Gasteiger partial charge >= 0.3 is 0 Å². The summed E-state index contributed by atoms with van der Waals surface area (Å²) in [5.74, 6) is 0. The van der Waals surface area contributed by atoms with Crippen LogP contribution < -0.4 is 0 Å². The first-order chi connectivity index (χ1) is 15.9. The summed E-state index contributed by atoms with van der Waals surface area (Å²) >= 11 is 0. The molecule has 0 atom stereocenters. The topological polar surface area (TPSA) is 17.8 Å². The Morgan fingerprint density at radius 1 is 0.515 bits per heavy atom. The van der Waals surface area contributed by atoms with Crippen molar-refractivity contribution >= 4 is 60.3 Å². The Labute approximate surface area is 203 Å². The van der Waals surface area contributed by atoms with Crippen molar-refractivity contribution in [3.8, 4) is 0 Å². The maximum absolute atomic E-state index is 4.38. The van der Waals surface area contributed by atoms with Gasteiger partial charge in [-0.25, -0.2) is 4.98 Å². The molecule has 0 saturated heterocycles. The van der Waals surface area contributed by atoms with Crippen LogP contribution in [0.5, 0.6) is 0 Å². The second-order valence-electron chi connectivity index (χ2n) is 8.14. The Morgan fingerprint density at radius 3 is 1.61 bits per heavy atom. The maximum atomic E-state index is 4.38. The van der Waals surface area contributed by atoms with E-state index in [1.807, 2.05) is 30.6 Å². The minimum absolute atomic E-state index is 0. The molecule has 160 valence electrons. The van der Waals surface area contributed by atoms with E-state index in [0.717, 1.165) is 12.1 Å². The van der Waals surface area contributed by atoms with Gasteiger partial charge in [0.2, 0.25) is 0 Å². The summed E-state index contributed by atoms with van der Waals surface area (Å²) in [4.78, 5) is 4.38. The van der Waals surface area contributed by atoms with Crippen LogP contribution >= 0.6 is 17.0 Å². The predicted octanol–water partition coefficient (Wildman–Crippen LogP) is 8.25. The van der Waals surface area contributed by atoms with Crippen LogP contribution in [0.2, 0.25) is 0 Å². The zero-order chi connectivity index (χ0) is 21.3. The highest BCUT2D eigenvalue weighted by molar-refractivity contribution is 8.93. The monoisotopic (exact) mass is 490 g/mol. The summed E-state index contributed by atoms with van der Waals surface area (Å²) < 4.78 is 2.17. The Balaban J connectivity index is 0.000000134. The van der Waals surface area contributed by atoms with Gasteiger partial charge in [-0.05, 0) is 50.0 Å². The van der Waals surface area contributed by atoms with E-state index in [2.05, 4.69) is 101 Å². The number of para-hydroxylation sites is 2. The molecule has 0 saturated carbocycles. The predicted molar refractivity (Wildman–Crippen MR) is 146 cm³/mol. The highest BCUT2D eigenvalue weighted by Crippen LogP contribution is 2.33. The quantitative estimate of drug-likeness (QED) is 0.223. The van der Waals surface area contributed by atoms with Crippen LogP contribution in [0.3, 0.4) is 0 Å². The average molecular weight is 491 g/mol. The van der Waals surface area contributed by atoms with E-state index in [9.17, 15) is 0 Å².